The van der Waals surface area contributed by atoms with Gasteiger partial charge in [0, 0.05) is 24.2 Å². The molecule has 15 heavy (non-hydrogen) atoms. The van der Waals surface area contributed by atoms with Crippen LogP contribution in [-0.4, -0.2) is 30.1 Å². The average Bonchev–Trinajstić information content (AvgIpc) is 2.27. The number of likely N-dealkylation sites (N-methyl/N-ethyl adjacent to an activating group) is 1. The lowest BCUT2D eigenvalue weighted by Gasteiger charge is -2.35. The second-order valence-corrected chi connectivity index (χ2v) is 4.81. The summed E-state index contributed by atoms with van der Waals surface area (Å²) in [5.41, 5.74) is 8.85. The van der Waals surface area contributed by atoms with Crippen molar-refractivity contribution in [3.63, 3.8) is 0 Å². The van der Waals surface area contributed by atoms with Crippen LogP contribution in [0.4, 0.5) is 0 Å². The first kappa shape index (κ1) is 13.0. The second-order valence-electron chi connectivity index (χ2n) is 4.59. The molecule has 2 N–H and O–H groups in total. The lowest BCUT2D eigenvalue weighted by Crippen LogP contribution is -2.41. The Morgan fingerprint density at radius 3 is 2.47 bits per heavy atom. The van der Waals surface area contributed by atoms with E-state index in [1.165, 1.54) is 31.3 Å². The van der Waals surface area contributed by atoms with Gasteiger partial charge in [0.15, 0.2) is 0 Å². The lowest BCUT2D eigenvalue weighted by atomic mass is 9.90. The number of rotatable bonds is 4. The van der Waals surface area contributed by atoms with Crippen molar-refractivity contribution in [1.29, 1.82) is 0 Å². The Hall–Kier alpha value is -0.0500. The van der Waals surface area contributed by atoms with Gasteiger partial charge in [0.05, 0.1) is 0 Å². The lowest BCUT2D eigenvalue weighted by molar-refractivity contribution is 0.169. The highest BCUT2D eigenvalue weighted by Crippen LogP contribution is 2.22. The van der Waals surface area contributed by atoms with Gasteiger partial charge in [0.25, 0.3) is 0 Å². The van der Waals surface area contributed by atoms with Crippen molar-refractivity contribution in [2.24, 2.45) is 5.73 Å². The molecule has 88 valence electrons. The zero-order valence-electron chi connectivity index (χ0n) is 9.88. The van der Waals surface area contributed by atoms with Gasteiger partial charge in [-0.15, -0.1) is 0 Å². The molecule has 0 heterocycles. The third-order valence-corrected chi connectivity index (χ3v) is 3.68. The fraction of sp³-hybridized carbons (Fsp3) is 0.833. The highest BCUT2D eigenvalue weighted by atomic mass is 35.5. The molecular formula is C12H23ClN2. The normalized spacial score (nSPS) is 28.5. The van der Waals surface area contributed by atoms with Gasteiger partial charge in [-0.1, -0.05) is 18.5 Å². The van der Waals surface area contributed by atoms with Crippen molar-refractivity contribution in [3.05, 3.63) is 11.1 Å². The Morgan fingerprint density at radius 2 is 2.00 bits per heavy atom. The summed E-state index contributed by atoms with van der Waals surface area (Å²) in [4.78, 5) is 2.51. The molecule has 0 radical (unpaired) electrons. The van der Waals surface area contributed by atoms with Gasteiger partial charge in [-0.3, -0.25) is 4.90 Å². The number of halogens is 1. The van der Waals surface area contributed by atoms with E-state index in [0.29, 0.717) is 12.1 Å². The van der Waals surface area contributed by atoms with E-state index >= 15 is 0 Å². The summed E-state index contributed by atoms with van der Waals surface area (Å²) in [5.74, 6) is 0. The quantitative estimate of drug-likeness (QED) is 0.805. The molecule has 0 spiro atoms. The van der Waals surface area contributed by atoms with Crippen LogP contribution in [0.25, 0.3) is 0 Å². The molecule has 1 rings (SSSR count). The summed E-state index contributed by atoms with van der Waals surface area (Å²) < 4.78 is 0. The summed E-state index contributed by atoms with van der Waals surface area (Å²) in [6, 6.07) is 1.14. The molecule has 0 amide bonds. The van der Waals surface area contributed by atoms with E-state index in [-0.39, 0.29) is 0 Å². The van der Waals surface area contributed by atoms with Crippen LogP contribution in [0.1, 0.15) is 39.5 Å². The van der Waals surface area contributed by atoms with Crippen LogP contribution >= 0.6 is 11.6 Å². The summed E-state index contributed by atoms with van der Waals surface area (Å²) >= 11 is 5.71. The molecule has 1 saturated carbocycles. The Morgan fingerprint density at radius 1 is 1.40 bits per heavy atom. The maximum Gasteiger partial charge on any atom is 0.0204 e. The highest BCUT2D eigenvalue weighted by molar-refractivity contribution is 6.25. The largest absolute Gasteiger partial charge is 0.328 e. The van der Waals surface area contributed by atoms with Crippen LogP contribution in [0, 0.1) is 0 Å². The van der Waals surface area contributed by atoms with Crippen LogP contribution in [0.15, 0.2) is 11.1 Å². The van der Waals surface area contributed by atoms with Gasteiger partial charge in [-0.25, -0.2) is 0 Å². The minimum absolute atomic E-state index is 0.435. The van der Waals surface area contributed by atoms with Crippen LogP contribution in [0.3, 0.4) is 0 Å². The van der Waals surface area contributed by atoms with Gasteiger partial charge in [-0.2, -0.15) is 0 Å². The first-order valence-corrected chi connectivity index (χ1v) is 6.36. The van der Waals surface area contributed by atoms with Gasteiger partial charge < -0.3 is 5.73 Å². The van der Waals surface area contributed by atoms with Crippen molar-refractivity contribution < 1.29 is 0 Å². The zero-order valence-corrected chi connectivity index (χ0v) is 10.6. The summed E-state index contributed by atoms with van der Waals surface area (Å²) in [7, 11) is 0. The number of hydrogen-bond donors (Lipinski definition) is 1. The molecule has 1 fully saturated rings. The minimum Gasteiger partial charge on any atom is -0.328 e. The highest BCUT2D eigenvalue weighted by Gasteiger charge is 2.23. The van der Waals surface area contributed by atoms with E-state index in [0.717, 1.165) is 13.1 Å². The fourth-order valence-corrected chi connectivity index (χ4v) is 2.39. The predicted octanol–water partition coefficient (Wildman–Crippen LogP) is 2.72. The van der Waals surface area contributed by atoms with E-state index in [1.807, 2.05) is 0 Å². The molecular weight excluding hydrogens is 208 g/mol. The molecule has 1 aliphatic rings. The molecule has 0 unspecified atom stereocenters. The number of hydrogen-bond acceptors (Lipinski definition) is 2. The van der Waals surface area contributed by atoms with E-state index in [9.17, 15) is 0 Å². The molecule has 1 aliphatic carbocycles. The van der Waals surface area contributed by atoms with Crippen molar-refractivity contribution in [2.45, 2.75) is 51.6 Å². The Kier molecular flexibility index (Phi) is 5.65. The molecule has 0 aromatic heterocycles. The monoisotopic (exact) mass is 230 g/mol. The maximum atomic E-state index is 5.91. The van der Waals surface area contributed by atoms with Crippen molar-refractivity contribution >= 4 is 11.6 Å². The molecule has 3 heteroatoms. The van der Waals surface area contributed by atoms with E-state index < -0.39 is 0 Å². The average molecular weight is 231 g/mol. The van der Waals surface area contributed by atoms with E-state index in [1.54, 1.807) is 5.54 Å². The van der Waals surface area contributed by atoms with E-state index in [4.69, 9.17) is 17.3 Å². The van der Waals surface area contributed by atoms with Crippen LogP contribution in [0.5, 0.6) is 0 Å². The SMILES string of the molecule is CCN(CC(C)=CCl)C1CCC(N)CC1. The molecule has 0 bridgehead atoms. The molecule has 0 atom stereocenters. The van der Waals surface area contributed by atoms with Crippen LogP contribution in [0.2, 0.25) is 0 Å². The van der Waals surface area contributed by atoms with E-state index in [2.05, 4.69) is 18.7 Å². The first-order valence-electron chi connectivity index (χ1n) is 5.92. The molecule has 0 aromatic carbocycles. The van der Waals surface area contributed by atoms with Gasteiger partial charge in [0.2, 0.25) is 0 Å². The molecule has 0 aromatic rings. The van der Waals surface area contributed by atoms with Gasteiger partial charge >= 0.3 is 0 Å². The standard InChI is InChI=1S/C12H23ClN2/c1-3-15(9-10(2)8-13)12-6-4-11(14)5-7-12/h8,11-12H,3-7,9,14H2,1-2H3. The predicted molar refractivity (Wildman–Crippen MR) is 67.1 cm³/mol. The van der Waals surface area contributed by atoms with Crippen molar-refractivity contribution in [1.82, 2.24) is 4.90 Å². The molecule has 2 nitrogen and oxygen atoms in total. The Balaban J connectivity index is 2.44. The number of nitrogens with two attached hydrogens (primary N) is 1. The second kappa shape index (κ2) is 6.51. The van der Waals surface area contributed by atoms with Crippen LogP contribution < -0.4 is 5.73 Å². The maximum absolute atomic E-state index is 5.91. The van der Waals surface area contributed by atoms with Gasteiger partial charge in [-0.05, 0) is 44.7 Å². The van der Waals surface area contributed by atoms with Gasteiger partial charge in [0.1, 0.15) is 0 Å². The minimum atomic E-state index is 0.435. The smallest absolute Gasteiger partial charge is 0.0204 e. The summed E-state index contributed by atoms with van der Waals surface area (Å²) in [6.07, 6.45) is 4.82. The number of nitrogens with zero attached hydrogens (tertiary/aromatic N) is 1. The van der Waals surface area contributed by atoms with Crippen LogP contribution in [-0.2, 0) is 0 Å². The molecule has 0 aliphatic heterocycles. The third-order valence-electron chi connectivity index (χ3n) is 3.30. The van der Waals surface area contributed by atoms with Crippen molar-refractivity contribution in [3.8, 4) is 0 Å². The summed E-state index contributed by atoms with van der Waals surface area (Å²) in [6.45, 7) is 6.40. The Labute approximate surface area is 98.5 Å². The molecule has 0 saturated heterocycles. The summed E-state index contributed by atoms with van der Waals surface area (Å²) in [5, 5.41) is 0. The zero-order chi connectivity index (χ0) is 11.3. The fourth-order valence-electron chi connectivity index (χ4n) is 2.32. The first-order chi connectivity index (χ1) is 7.17. The topological polar surface area (TPSA) is 29.3 Å². The Bertz CT molecular complexity index is 208. The third kappa shape index (κ3) is 4.13. The van der Waals surface area contributed by atoms with Crippen molar-refractivity contribution in [2.75, 3.05) is 13.1 Å².